The van der Waals surface area contributed by atoms with E-state index in [1.54, 1.807) is 30.3 Å². The summed E-state index contributed by atoms with van der Waals surface area (Å²) in [5.41, 5.74) is -0.785. The molecule has 1 N–H and O–H groups in total. The van der Waals surface area contributed by atoms with Gasteiger partial charge >= 0.3 is 0 Å². The SMILES string of the molecule is O=S(=O)(NC1(c2nc(C3CC3)no2)CCCCC1)c1ccccc1. The molecule has 0 radical (unpaired) electrons. The number of nitrogens with zero attached hydrogens (tertiary/aromatic N) is 2. The fourth-order valence-corrected chi connectivity index (χ4v) is 4.81. The van der Waals surface area contributed by atoms with Crippen molar-refractivity contribution in [1.29, 1.82) is 0 Å². The van der Waals surface area contributed by atoms with E-state index in [0.29, 0.717) is 30.5 Å². The van der Waals surface area contributed by atoms with Crippen LogP contribution in [0.1, 0.15) is 62.6 Å². The highest BCUT2D eigenvalue weighted by Gasteiger charge is 2.43. The quantitative estimate of drug-likeness (QED) is 0.898. The monoisotopic (exact) mass is 347 g/mol. The summed E-state index contributed by atoms with van der Waals surface area (Å²) in [6.45, 7) is 0. The standard InChI is InChI=1S/C17H21N3O3S/c21-24(22,14-7-3-1-4-8-14)20-17(11-5-2-6-12-17)16-18-15(19-23-16)13-9-10-13/h1,3-4,7-8,13,20H,2,5-6,9-12H2. The fraction of sp³-hybridized carbons (Fsp3) is 0.529. The number of nitrogens with one attached hydrogen (secondary N) is 1. The van der Waals surface area contributed by atoms with E-state index < -0.39 is 15.6 Å². The highest BCUT2D eigenvalue weighted by atomic mass is 32.2. The van der Waals surface area contributed by atoms with Gasteiger partial charge in [0.2, 0.25) is 15.9 Å². The highest BCUT2D eigenvalue weighted by molar-refractivity contribution is 7.89. The van der Waals surface area contributed by atoms with Gasteiger partial charge in [0, 0.05) is 5.92 Å². The van der Waals surface area contributed by atoms with Crippen LogP contribution in [0, 0.1) is 0 Å². The van der Waals surface area contributed by atoms with Gasteiger partial charge in [0.15, 0.2) is 5.82 Å². The average Bonchev–Trinajstić information content (AvgIpc) is 3.32. The van der Waals surface area contributed by atoms with Crippen molar-refractivity contribution in [2.24, 2.45) is 0 Å². The van der Waals surface area contributed by atoms with Crippen LogP contribution in [0.5, 0.6) is 0 Å². The highest BCUT2D eigenvalue weighted by Crippen LogP contribution is 2.41. The van der Waals surface area contributed by atoms with E-state index in [2.05, 4.69) is 14.9 Å². The van der Waals surface area contributed by atoms with E-state index in [9.17, 15) is 8.42 Å². The molecule has 2 aliphatic rings. The molecule has 7 heteroatoms. The Labute approximate surface area is 141 Å². The van der Waals surface area contributed by atoms with E-state index >= 15 is 0 Å². The van der Waals surface area contributed by atoms with Crippen LogP contribution in [-0.4, -0.2) is 18.6 Å². The maximum atomic E-state index is 12.8. The lowest BCUT2D eigenvalue weighted by molar-refractivity contribution is 0.199. The molecule has 0 aliphatic heterocycles. The van der Waals surface area contributed by atoms with Crippen LogP contribution in [0.15, 0.2) is 39.8 Å². The molecular weight excluding hydrogens is 326 g/mol. The first-order valence-corrected chi connectivity index (χ1v) is 10.0. The zero-order chi connectivity index (χ0) is 16.6. The van der Waals surface area contributed by atoms with Gasteiger partial charge in [0.05, 0.1) is 4.90 Å². The summed E-state index contributed by atoms with van der Waals surface area (Å²) in [6.07, 6.45) is 6.52. The predicted octanol–water partition coefficient (Wildman–Crippen LogP) is 3.08. The molecule has 24 heavy (non-hydrogen) atoms. The van der Waals surface area contributed by atoms with Crippen molar-refractivity contribution < 1.29 is 12.9 Å². The van der Waals surface area contributed by atoms with Gasteiger partial charge in [-0.3, -0.25) is 0 Å². The summed E-state index contributed by atoms with van der Waals surface area (Å²) in [5.74, 6) is 1.52. The lowest BCUT2D eigenvalue weighted by atomic mass is 9.82. The summed E-state index contributed by atoms with van der Waals surface area (Å²) in [5, 5.41) is 4.08. The lowest BCUT2D eigenvalue weighted by Gasteiger charge is -2.34. The lowest BCUT2D eigenvalue weighted by Crippen LogP contribution is -2.47. The molecule has 0 saturated heterocycles. The topological polar surface area (TPSA) is 85.1 Å². The van der Waals surface area contributed by atoms with Crippen LogP contribution in [0.3, 0.4) is 0 Å². The molecule has 6 nitrogen and oxygen atoms in total. The summed E-state index contributed by atoms with van der Waals surface area (Å²) >= 11 is 0. The molecule has 1 heterocycles. The van der Waals surface area contributed by atoms with Crippen molar-refractivity contribution in [3.63, 3.8) is 0 Å². The number of sulfonamides is 1. The van der Waals surface area contributed by atoms with Crippen molar-refractivity contribution in [2.75, 3.05) is 0 Å². The van der Waals surface area contributed by atoms with Crippen molar-refractivity contribution in [3.05, 3.63) is 42.0 Å². The van der Waals surface area contributed by atoms with Gasteiger partial charge in [-0.25, -0.2) is 8.42 Å². The molecule has 2 aromatic rings. The first-order chi connectivity index (χ1) is 11.6. The number of hydrogen-bond acceptors (Lipinski definition) is 5. The number of aromatic nitrogens is 2. The van der Waals surface area contributed by atoms with Gasteiger partial charge in [-0.05, 0) is 37.8 Å². The molecule has 0 spiro atoms. The Hall–Kier alpha value is -1.73. The molecule has 2 fully saturated rings. The second kappa shape index (κ2) is 5.97. The van der Waals surface area contributed by atoms with Crippen LogP contribution in [0.2, 0.25) is 0 Å². The summed E-state index contributed by atoms with van der Waals surface area (Å²) < 4.78 is 34.1. The third kappa shape index (κ3) is 2.98. The minimum absolute atomic E-state index is 0.261. The number of benzene rings is 1. The van der Waals surface area contributed by atoms with E-state index in [1.807, 2.05) is 0 Å². The largest absolute Gasteiger partial charge is 0.337 e. The second-order valence-electron chi connectivity index (χ2n) is 6.79. The van der Waals surface area contributed by atoms with Crippen molar-refractivity contribution in [1.82, 2.24) is 14.9 Å². The van der Waals surface area contributed by atoms with Crippen LogP contribution in [0.4, 0.5) is 0 Å². The minimum Gasteiger partial charge on any atom is -0.337 e. The van der Waals surface area contributed by atoms with Crippen LogP contribution >= 0.6 is 0 Å². The summed E-state index contributed by atoms with van der Waals surface area (Å²) in [4.78, 5) is 4.80. The molecule has 1 aromatic carbocycles. The summed E-state index contributed by atoms with van der Waals surface area (Å²) in [7, 11) is -3.64. The Balaban J connectivity index is 1.68. The molecule has 2 aliphatic carbocycles. The minimum atomic E-state index is -3.64. The van der Waals surface area contributed by atoms with Gasteiger partial charge in [0.1, 0.15) is 5.54 Å². The van der Waals surface area contributed by atoms with Gasteiger partial charge in [-0.2, -0.15) is 9.71 Å². The van der Waals surface area contributed by atoms with E-state index in [-0.39, 0.29) is 4.90 Å². The van der Waals surface area contributed by atoms with Crippen molar-refractivity contribution in [2.45, 2.75) is 61.3 Å². The second-order valence-corrected chi connectivity index (χ2v) is 8.48. The number of hydrogen-bond donors (Lipinski definition) is 1. The van der Waals surface area contributed by atoms with Crippen molar-refractivity contribution >= 4 is 10.0 Å². The zero-order valence-corrected chi connectivity index (χ0v) is 14.3. The smallest absolute Gasteiger partial charge is 0.247 e. The molecule has 0 amide bonds. The first-order valence-electron chi connectivity index (χ1n) is 8.52. The molecule has 0 bridgehead atoms. The molecule has 0 unspecified atom stereocenters. The Morgan fingerprint density at radius 1 is 1.08 bits per heavy atom. The fourth-order valence-electron chi connectivity index (χ4n) is 3.37. The maximum absolute atomic E-state index is 12.8. The van der Waals surface area contributed by atoms with Crippen LogP contribution < -0.4 is 4.72 Å². The molecular formula is C17H21N3O3S. The van der Waals surface area contributed by atoms with Gasteiger partial charge < -0.3 is 4.52 Å². The third-order valence-corrected chi connectivity index (χ3v) is 6.44. The first kappa shape index (κ1) is 15.8. The predicted molar refractivity (Wildman–Crippen MR) is 87.8 cm³/mol. The normalized spacial score (nSPS) is 20.8. The number of rotatable bonds is 5. The summed E-state index contributed by atoms with van der Waals surface area (Å²) in [6, 6.07) is 8.44. The van der Waals surface area contributed by atoms with Crippen LogP contribution in [-0.2, 0) is 15.6 Å². The molecule has 2 saturated carbocycles. The third-order valence-electron chi connectivity index (χ3n) is 4.88. The molecule has 4 rings (SSSR count). The van der Waals surface area contributed by atoms with E-state index in [4.69, 9.17) is 4.52 Å². The van der Waals surface area contributed by atoms with E-state index in [1.165, 1.54) is 0 Å². The average molecular weight is 347 g/mol. The maximum Gasteiger partial charge on any atom is 0.247 e. The van der Waals surface area contributed by atoms with Crippen molar-refractivity contribution in [3.8, 4) is 0 Å². The van der Waals surface area contributed by atoms with Gasteiger partial charge in [0.25, 0.3) is 0 Å². The van der Waals surface area contributed by atoms with E-state index in [0.717, 1.165) is 32.1 Å². The van der Waals surface area contributed by atoms with Gasteiger partial charge in [-0.1, -0.05) is 42.6 Å². The van der Waals surface area contributed by atoms with Gasteiger partial charge in [-0.15, -0.1) is 0 Å². The Morgan fingerprint density at radius 2 is 1.79 bits per heavy atom. The Bertz CT molecular complexity index is 807. The zero-order valence-electron chi connectivity index (χ0n) is 13.4. The Kier molecular flexibility index (Phi) is 3.92. The van der Waals surface area contributed by atoms with Crippen LogP contribution in [0.25, 0.3) is 0 Å². The molecule has 1 aromatic heterocycles. The Morgan fingerprint density at radius 3 is 2.46 bits per heavy atom. The molecule has 128 valence electrons. The molecule has 0 atom stereocenters.